The maximum Gasteiger partial charge on any atom is 0.269 e. The monoisotopic (exact) mass is 558 g/mol. The van der Waals surface area contributed by atoms with Crippen LogP contribution in [0.25, 0.3) is 0 Å². The number of hydrogen-bond acceptors (Lipinski definition) is 9. The molecule has 0 radical (unpaired) electrons. The zero-order valence-electron chi connectivity index (χ0n) is 20.3. The summed E-state index contributed by atoms with van der Waals surface area (Å²) >= 11 is 1.94. The lowest BCUT2D eigenvalue weighted by atomic mass is 9.91. The second kappa shape index (κ2) is 12.0. The maximum absolute atomic E-state index is 11.2. The van der Waals surface area contributed by atoms with Crippen LogP contribution in [0.15, 0.2) is 109 Å². The van der Waals surface area contributed by atoms with Crippen molar-refractivity contribution < 1.29 is 13.5 Å². The third-order valence-corrected chi connectivity index (χ3v) is 8.41. The van der Waals surface area contributed by atoms with Gasteiger partial charge in [0.1, 0.15) is 9.49 Å². The van der Waals surface area contributed by atoms with Gasteiger partial charge in [-0.05, 0) is 46.5 Å². The third kappa shape index (κ3) is 5.60. The van der Waals surface area contributed by atoms with Crippen LogP contribution in [0, 0.1) is 31.0 Å². The first-order valence-electron chi connectivity index (χ1n) is 11.5. The number of rotatable bonds is 12. The van der Waals surface area contributed by atoms with Crippen LogP contribution in [-0.2, 0) is 13.1 Å². The van der Waals surface area contributed by atoms with Gasteiger partial charge in [-0.1, -0.05) is 60.7 Å². The average Bonchev–Trinajstić information content (AvgIpc) is 2.99. The lowest BCUT2D eigenvalue weighted by molar-refractivity contribution is -0.385. The fourth-order valence-electron chi connectivity index (χ4n) is 4.06. The molecule has 2 atom stereocenters. The summed E-state index contributed by atoms with van der Waals surface area (Å²) in [5, 5.41) is 39.3. The number of nitrogens with zero attached hydrogens (tertiary/aromatic N) is 2. The highest BCUT2D eigenvalue weighted by Crippen LogP contribution is 2.49. The van der Waals surface area contributed by atoms with E-state index in [0.717, 1.165) is 35.2 Å². The Balaban J connectivity index is 1.74. The van der Waals surface area contributed by atoms with Crippen LogP contribution < -0.4 is 0 Å². The van der Waals surface area contributed by atoms with Crippen LogP contribution in [-0.4, -0.2) is 22.3 Å². The molecule has 0 aliphatic carbocycles. The van der Waals surface area contributed by atoms with E-state index in [2.05, 4.69) is 0 Å². The highest BCUT2D eigenvalue weighted by molar-refractivity contribution is 8.09. The van der Waals surface area contributed by atoms with E-state index >= 15 is 0 Å². The SMILES string of the molecule is N=CC(SOSC(C=N)(c1ccccc1)c1ccc([N+](=O)[O-])cc1)(c1ccccc1)c1ccc([N+](=O)[O-])cc1. The van der Waals surface area contributed by atoms with E-state index < -0.39 is 19.3 Å². The topological polar surface area (TPSA) is 143 Å². The summed E-state index contributed by atoms with van der Waals surface area (Å²) < 4.78 is 3.86. The second-order valence-electron chi connectivity index (χ2n) is 8.33. The van der Waals surface area contributed by atoms with Gasteiger partial charge in [0, 0.05) is 60.8 Å². The molecule has 0 aliphatic rings. The molecule has 4 rings (SSSR count). The van der Waals surface area contributed by atoms with Gasteiger partial charge < -0.3 is 10.8 Å². The molecule has 0 saturated heterocycles. The molecule has 0 spiro atoms. The maximum atomic E-state index is 11.2. The van der Waals surface area contributed by atoms with Crippen molar-refractivity contribution in [2.45, 2.75) is 9.49 Å². The number of nitrogens with one attached hydrogen (secondary N) is 2. The average molecular weight is 559 g/mol. The van der Waals surface area contributed by atoms with Crippen molar-refractivity contribution in [3.63, 3.8) is 0 Å². The van der Waals surface area contributed by atoms with E-state index in [4.69, 9.17) is 14.4 Å². The standard InChI is InChI=1S/C28H22N4O5S2/c29-19-27(21-7-3-1-4-8-21,23-11-15-25(16-12-23)31(33)34)38-37-39-28(20-30,22-9-5-2-6-10-22)24-13-17-26(18-14-24)32(35)36/h1-20,29-30H. The summed E-state index contributed by atoms with van der Waals surface area (Å²) in [7, 11) is 0. The first-order valence-corrected chi connectivity index (χ1v) is 13.0. The van der Waals surface area contributed by atoms with Crippen LogP contribution in [0.4, 0.5) is 11.4 Å². The number of nitro groups is 2. The van der Waals surface area contributed by atoms with Crippen molar-refractivity contribution in [1.82, 2.24) is 0 Å². The first kappa shape index (κ1) is 27.7. The van der Waals surface area contributed by atoms with Crippen LogP contribution in [0.3, 0.4) is 0 Å². The van der Waals surface area contributed by atoms with E-state index in [1.807, 2.05) is 60.7 Å². The molecule has 0 aliphatic heterocycles. The highest BCUT2D eigenvalue weighted by atomic mass is 32.2. The van der Waals surface area contributed by atoms with Crippen LogP contribution >= 0.6 is 24.1 Å². The predicted molar refractivity (Wildman–Crippen MR) is 154 cm³/mol. The fourth-order valence-corrected chi connectivity index (χ4v) is 6.08. The number of non-ortho nitro benzene ring substituents is 2. The van der Waals surface area contributed by atoms with Crippen molar-refractivity contribution >= 4 is 47.9 Å². The third-order valence-electron chi connectivity index (χ3n) is 6.16. The zero-order valence-corrected chi connectivity index (χ0v) is 21.9. The molecule has 0 fully saturated rings. The predicted octanol–water partition coefficient (Wildman–Crippen LogP) is 7.30. The largest absolute Gasteiger partial charge is 0.311 e. The number of benzene rings is 4. The molecule has 4 aromatic rings. The molecule has 2 N–H and O–H groups in total. The number of nitro benzene ring substituents is 2. The highest BCUT2D eigenvalue weighted by Gasteiger charge is 2.39. The van der Waals surface area contributed by atoms with E-state index in [-0.39, 0.29) is 11.4 Å². The van der Waals surface area contributed by atoms with Crippen LogP contribution in [0.5, 0.6) is 0 Å². The Bertz CT molecular complexity index is 1360. The Labute approximate surface area is 233 Å². The zero-order chi connectivity index (χ0) is 27.9. The van der Waals surface area contributed by atoms with Gasteiger partial charge >= 0.3 is 0 Å². The van der Waals surface area contributed by atoms with Crippen molar-refractivity contribution in [3.05, 3.63) is 152 Å². The summed E-state index contributed by atoms with van der Waals surface area (Å²) in [6, 6.07) is 30.3. The van der Waals surface area contributed by atoms with Gasteiger partial charge in [-0.3, -0.25) is 20.2 Å². The van der Waals surface area contributed by atoms with Gasteiger partial charge in [-0.15, -0.1) is 0 Å². The molecular formula is C28H22N4O5S2. The molecule has 196 valence electrons. The fraction of sp³-hybridized carbons (Fsp3) is 0.0714. The normalized spacial score (nSPS) is 13.9. The molecule has 0 bridgehead atoms. The molecular weight excluding hydrogens is 536 g/mol. The van der Waals surface area contributed by atoms with E-state index in [1.165, 1.54) is 36.7 Å². The smallest absolute Gasteiger partial charge is 0.269 e. The molecule has 4 aromatic carbocycles. The summed E-state index contributed by atoms with van der Waals surface area (Å²) in [5.41, 5.74) is 2.47. The Morgan fingerprint density at radius 2 is 0.872 bits per heavy atom. The van der Waals surface area contributed by atoms with Gasteiger partial charge in [0.25, 0.3) is 11.4 Å². The summed E-state index contributed by atoms with van der Waals surface area (Å²) in [6.07, 6.45) is 2.43. The summed E-state index contributed by atoms with van der Waals surface area (Å²) in [6.45, 7) is 0. The van der Waals surface area contributed by atoms with Crippen molar-refractivity contribution in [1.29, 1.82) is 10.8 Å². The Hall–Kier alpha value is -4.32. The minimum absolute atomic E-state index is 0.0731. The molecule has 39 heavy (non-hydrogen) atoms. The van der Waals surface area contributed by atoms with E-state index in [9.17, 15) is 20.2 Å². The van der Waals surface area contributed by atoms with Gasteiger partial charge in [-0.25, -0.2) is 3.63 Å². The van der Waals surface area contributed by atoms with Gasteiger partial charge in [-0.2, -0.15) is 0 Å². The van der Waals surface area contributed by atoms with Gasteiger partial charge in [0.05, 0.1) is 9.85 Å². The molecule has 0 aromatic heterocycles. The molecule has 0 amide bonds. The lowest BCUT2D eigenvalue weighted by Crippen LogP contribution is -2.28. The Kier molecular flexibility index (Phi) is 8.55. The Morgan fingerprint density at radius 1 is 0.564 bits per heavy atom. The summed E-state index contributed by atoms with van der Waals surface area (Å²) in [5.74, 6) is 0. The van der Waals surface area contributed by atoms with Gasteiger partial charge in [0.2, 0.25) is 0 Å². The molecule has 0 saturated carbocycles. The van der Waals surface area contributed by atoms with E-state index in [0.29, 0.717) is 11.1 Å². The van der Waals surface area contributed by atoms with Crippen molar-refractivity contribution in [2.75, 3.05) is 0 Å². The molecule has 11 heteroatoms. The summed E-state index contributed by atoms with van der Waals surface area (Å²) in [4.78, 5) is 21.5. The van der Waals surface area contributed by atoms with E-state index in [1.54, 1.807) is 24.3 Å². The first-order chi connectivity index (χ1) is 18.9. The molecule has 2 unspecified atom stereocenters. The van der Waals surface area contributed by atoms with Crippen molar-refractivity contribution in [3.8, 4) is 0 Å². The van der Waals surface area contributed by atoms with Gasteiger partial charge in [0.15, 0.2) is 0 Å². The number of hydrogen-bond donors (Lipinski definition) is 2. The quantitative estimate of drug-likeness (QED) is 0.0803. The second-order valence-corrected chi connectivity index (χ2v) is 10.5. The van der Waals surface area contributed by atoms with Crippen LogP contribution in [0.2, 0.25) is 0 Å². The minimum atomic E-state index is -1.16. The lowest BCUT2D eigenvalue weighted by Gasteiger charge is -2.32. The van der Waals surface area contributed by atoms with Crippen molar-refractivity contribution in [2.24, 2.45) is 0 Å². The minimum Gasteiger partial charge on any atom is -0.311 e. The Morgan fingerprint density at radius 3 is 1.15 bits per heavy atom. The van der Waals surface area contributed by atoms with Crippen LogP contribution in [0.1, 0.15) is 22.3 Å². The molecule has 0 heterocycles. The molecule has 9 nitrogen and oxygen atoms in total.